The standard InChI is InChI=1S/C26H27N3O5/c27-14-6-5-11-23(25(32)29(15-24(30)31)17-12-13-17)28-26(33)34-16-22-20-9-3-1-7-18(20)19-8-2-4-10-21(19)22/h1-4,7-10,17,22-23H,5-6,11-13,15-16H2,(H,28,33)(H,30,31). The zero-order valence-corrected chi connectivity index (χ0v) is 18.8. The van der Waals surface area contributed by atoms with Crippen LogP contribution in [0.1, 0.15) is 49.1 Å². The van der Waals surface area contributed by atoms with Crippen LogP contribution in [-0.2, 0) is 14.3 Å². The molecule has 1 unspecified atom stereocenters. The Balaban J connectivity index is 1.43. The summed E-state index contributed by atoms with van der Waals surface area (Å²) in [5.41, 5.74) is 4.40. The van der Waals surface area contributed by atoms with Crippen LogP contribution in [0.2, 0.25) is 0 Å². The first-order chi connectivity index (χ1) is 16.5. The predicted octanol–water partition coefficient (Wildman–Crippen LogP) is 3.66. The van der Waals surface area contributed by atoms with E-state index in [1.807, 2.05) is 54.6 Å². The molecule has 0 aromatic heterocycles. The molecule has 8 nitrogen and oxygen atoms in total. The Morgan fingerprint density at radius 3 is 2.26 bits per heavy atom. The summed E-state index contributed by atoms with van der Waals surface area (Å²) in [6.45, 7) is -0.301. The van der Waals surface area contributed by atoms with E-state index in [9.17, 15) is 19.5 Å². The summed E-state index contributed by atoms with van der Waals surface area (Å²) in [7, 11) is 0. The van der Waals surface area contributed by atoms with Crippen LogP contribution in [0.5, 0.6) is 0 Å². The number of alkyl carbamates (subject to hydrolysis) is 1. The number of ether oxygens (including phenoxy) is 1. The SMILES string of the molecule is N#CCCCC(NC(=O)OCC1c2ccccc2-c2ccccc21)C(=O)N(CC(=O)O)C1CC1. The average molecular weight is 462 g/mol. The van der Waals surface area contributed by atoms with Crippen molar-refractivity contribution in [1.82, 2.24) is 10.2 Å². The van der Waals surface area contributed by atoms with Crippen molar-refractivity contribution < 1.29 is 24.2 Å². The molecular weight excluding hydrogens is 434 g/mol. The van der Waals surface area contributed by atoms with Gasteiger partial charge in [-0.25, -0.2) is 4.79 Å². The lowest BCUT2D eigenvalue weighted by Crippen LogP contribution is -2.51. The van der Waals surface area contributed by atoms with Crippen molar-refractivity contribution in [1.29, 1.82) is 5.26 Å². The first kappa shape index (κ1) is 23.3. The van der Waals surface area contributed by atoms with Gasteiger partial charge in [0.1, 0.15) is 19.2 Å². The van der Waals surface area contributed by atoms with Gasteiger partial charge in [0.15, 0.2) is 0 Å². The molecule has 2 aromatic rings. The van der Waals surface area contributed by atoms with E-state index in [0.29, 0.717) is 6.42 Å². The van der Waals surface area contributed by atoms with Gasteiger partial charge in [0.05, 0.1) is 6.07 Å². The van der Waals surface area contributed by atoms with Crippen LogP contribution >= 0.6 is 0 Å². The number of aliphatic carboxylic acids is 1. The van der Waals surface area contributed by atoms with Gasteiger partial charge in [0.25, 0.3) is 0 Å². The number of hydrogen-bond acceptors (Lipinski definition) is 5. The molecule has 1 saturated carbocycles. The average Bonchev–Trinajstić information content (AvgIpc) is 3.63. The minimum atomic E-state index is -1.10. The summed E-state index contributed by atoms with van der Waals surface area (Å²) in [5, 5.41) is 20.7. The van der Waals surface area contributed by atoms with Crippen LogP contribution in [-0.4, -0.2) is 53.2 Å². The van der Waals surface area contributed by atoms with Crippen molar-refractivity contribution >= 4 is 18.0 Å². The lowest BCUT2D eigenvalue weighted by molar-refractivity contribution is -0.145. The topological polar surface area (TPSA) is 120 Å². The Labute approximate surface area is 198 Å². The molecule has 2 aliphatic rings. The van der Waals surface area contributed by atoms with E-state index in [1.165, 1.54) is 4.90 Å². The zero-order valence-electron chi connectivity index (χ0n) is 18.8. The second kappa shape index (κ2) is 10.4. The fourth-order valence-electron chi connectivity index (χ4n) is 4.54. The maximum absolute atomic E-state index is 13.1. The number of unbranched alkanes of at least 4 members (excludes halogenated alkanes) is 1. The third-order valence-electron chi connectivity index (χ3n) is 6.29. The number of rotatable bonds is 10. The van der Waals surface area contributed by atoms with E-state index in [2.05, 4.69) is 5.32 Å². The molecule has 8 heteroatoms. The number of hydrogen-bond donors (Lipinski definition) is 2. The normalized spacial score (nSPS) is 14.9. The highest BCUT2D eigenvalue weighted by Crippen LogP contribution is 2.44. The highest BCUT2D eigenvalue weighted by molar-refractivity contribution is 5.88. The van der Waals surface area contributed by atoms with Crippen molar-refractivity contribution in [2.45, 2.75) is 50.1 Å². The van der Waals surface area contributed by atoms with Gasteiger partial charge in [-0.3, -0.25) is 9.59 Å². The summed E-state index contributed by atoms with van der Waals surface area (Å²) in [6, 6.07) is 17.0. The highest BCUT2D eigenvalue weighted by Gasteiger charge is 2.37. The zero-order chi connectivity index (χ0) is 24.1. The molecule has 2 N–H and O–H groups in total. The number of nitrogens with zero attached hydrogens (tertiary/aromatic N) is 2. The Morgan fingerprint density at radius 1 is 1.09 bits per heavy atom. The molecule has 1 fully saturated rings. The van der Waals surface area contributed by atoms with E-state index in [0.717, 1.165) is 35.1 Å². The molecule has 34 heavy (non-hydrogen) atoms. The van der Waals surface area contributed by atoms with E-state index in [-0.39, 0.29) is 31.4 Å². The number of fused-ring (bicyclic) bond motifs is 3. The number of carboxylic acid groups (broad SMARTS) is 1. The number of nitrogens with one attached hydrogen (secondary N) is 1. The van der Waals surface area contributed by atoms with Gasteiger partial charge in [0, 0.05) is 18.4 Å². The van der Waals surface area contributed by atoms with Crippen LogP contribution in [0, 0.1) is 11.3 Å². The molecule has 0 saturated heterocycles. The number of carbonyl (C=O) groups is 3. The Hall–Kier alpha value is -3.86. The summed E-state index contributed by atoms with van der Waals surface area (Å²) < 4.78 is 5.56. The number of benzene rings is 2. The summed E-state index contributed by atoms with van der Waals surface area (Å²) >= 11 is 0. The molecular formula is C26H27N3O5. The molecule has 2 aromatic carbocycles. The van der Waals surface area contributed by atoms with Gasteiger partial charge in [-0.1, -0.05) is 48.5 Å². The van der Waals surface area contributed by atoms with E-state index in [4.69, 9.17) is 10.00 Å². The van der Waals surface area contributed by atoms with E-state index >= 15 is 0 Å². The minimum absolute atomic E-state index is 0.110. The maximum Gasteiger partial charge on any atom is 0.407 e. The van der Waals surface area contributed by atoms with E-state index in [1.54, 1.807) is 0 Å². The summed E-state index contributed by atoms with van der Waals surface area (Å²) in [5.74, 6) is -1.66. The first-order valence-electron chi connectivity index (χ1n) is 11.5. The minimum Gasteiger partial charge on any atom is -0.480 e. The van der Waals surface area contributed by atoms with Gasteiger partial charge < -0.3 is 20.1 Å². The maximum atomic E-state index is 13.1. The lowest BCUT2D eigenvalue weighted by atomic mass is 9.98. The van der Waals surface area contributed by atoms with Crippen molar-refractivity contribution in [2.75, 3.05) is 13.2 Å². The van der Waals surface area contributed by atoms with Crippen LogP contribution in [0.3, 0.4) is 0 Å². The molecule has 4 rings (SSSR count). The fourth-order valence-corrected chi connectivity index (χ4v) is 4.54. The van der Waals surface area contributed by atoms with Gasteiger partial charge >= 0.3 is 12.1 Å². The molecule has 0 radical (unpaired) electrons. The monoisotopic (exact) mass is 461 g/mol. The molecule has 2 amide bonds. The third-order valence-corrected chi connectivity index (χ3v) is 6.29. The fraction of sp³-hybridized carbons (Fsp3) is 0.385. The summed E-state index contributed by atoms with van der Waals surface area (Å²) in [6.07, 6.45) is 1.63. The van der Waals surface area contributed by atoms with Crippen molar-refractivity contribution in [3.8, 4) is 17.2 Å². The van der Waals surface area contributed by atoms with Gasteiger partial charge in [0.2, 0.25) is 5.91 Å². The van der Waals surface area contributed by atoms with Gasteiger partial charge in [-0.05, 0) is 47.9 Å². The number of amides is 2. The smallest absolute Gasteiger partial charge is 0.407 e. The van der Waals surface area contributed by atoms with Gasteiger partial charge in [-0.15, -0.1) is 0 Å². The molecule has 0 spiro atoms. The molecule has 2 aliphatic carbocycles. The molecule has 0 aliphatic heterocycles. The summed E-state index contributed by atoms with van der Waals surface area (Å²) in [4.78, 5) is 38.4. The third kappa shape index (κ3) is 5.20. The Bertz CT molecular complexity index is 1080. The molecule has 176 valence electrons. The van der Waals surface area contributed by atoms with Crippen LogP contribution in [0.25, 0.3) is 11.1 Å². The van der Waals surface area contributed by atoms with Crippen molar-refractivity contribution in [3.05, 3.63) is 59.7 Å². The second-order valence-corrected chi connectivity index (χ2v) is 8.66. The number of nitriles is 1. The predicted molar refractivity (Wildman–Crippen MR) is 124 cm³/mol. The molecule has 0 heterocycles. The molecule has 0 bridgehead atoms. The largest absolute Gasteiger partial charge is 0.480 e. The molecule has 1 atom stereocenters. The van der Waals surface area contributed by atoms with E-state index < -0.39 is 30.6 Å². The lowest BCUT2D eigenvalue weighted by Gasteiger charge is -2.26. The van der Waals surface area contributed by atoms with Crippen LogP contribution in [0.15, 0.2) is 48.5 Å². The van der Waals surface area contributed by atoms with Crippen LogP contribution in [0.4, 0.5) is 4.79 Å². The number of carbonyl (C=O) groups excluding carboxylic acids is 2. The van der Waals surface area contributed by atoms with Gasteiger partial charge in [-0.2, -0.15) is 5.26 Å². The number of carboxylic acids is 1. The van der Waals surface area contributed by atoms with Crippen LogP contribution < -0.4 is 5.32 Å². The quantitative estimate of drug-likeness (QED) is 0.521. The Kier molecular flexibility index (Phi) is 7.12. The Morgan fingerprint density at radius 2 is 1.71 bits per heavy atom. The van der Waals surface area contributed by atoms with Crippen molar-refractivity contribution in [2.24, 2.45) is 0 Å². The van der Waals surface area contributed by atoms with Crippen molar-refractivity contribution in [3.63, 3.8) is 0 Å². The highest BCUT2D eigenvalue weighted by atomic mass is 16.5. The second-order valence-electron chi connectivity index (χ2n) is 8.66. The first-order valence-corrected chi connectivity index (χ1v) is 11.5.